The minimum Gasteiger partial charge on any atom is -0.476 e. The molecule has 0 bridgehead atoms. The molecule has 0 aromatic carbocycles. The van der Waals surface area contributed by atoms with Crippen LogP contribution in [0.25, 0.3) is 5.78 Å². The normalized spacial score (nSPS) is 14.7. The third-order valence-electron chi connectivity index (χ3n) is 1.99. The molecule has 2 aromatic rings. The Kier molecular flexibility index (Phi) is 2.70. The summed E-state index contributed by atoms with van der Waals surface area (Å²) >= 11 is 0. The van der Waals surface area contributed by atoms with E-state index in [0.717, 1.165) is 0 Å². The van der Waals surface area contributed by atoms with Crippen molar-refractivity contribution in [3.63, 3.8) is 0 Å². The Bertz CT molecular complexity index is 631. The van der Waals surface area contributed by atoms with Gasteiger partial charge in [-0.1, -0.05) is 0 Å². The number of imidazole rings is 1. The molecule has 1 atom stereocenters. The third-order valence-corrected chi connectivity index (χ3v) is 2.77. The predicted octanol–water partition coefficient (Wildman–Crippen LogP) is 0.0716. The number of carboxylic acid groups (broad SMARTS) is 1. The summed E-state index contributed by atoms with van der Waals surface area (Å²) in [6.07, 6.45) is 2.53. The largest absolute Gasteiger partial charge is 0.476 e. The zero-order valence-corrected chi connectivity index (χ0v) is 9.41. The lowest BCUT2D eigenvalue weighted by atomic mass is 10.4. The highest BCUT2D eigenvalue weighted by Crippen LogP contribution is 2.34. The molecular weight excluding hydrogens is 247 g/mol. The van der Waals surface area contributed by atoms with Gasteiger partial charge in [0.2, 0.25) is 5.78 Å². The minimum atomic E-state index is -3.69. The quantitative estimate of drug-likeness (QED) is 0.662. The number of aromatic nitrogens is 3. The fraction of sp³-hybridized carbons (Fsp3) is 0.125. The number of nitrogens with zero attached hydrogens (tertiary/aromatic N) is 3. The molecule has 90 valence electrons. The lowest BCUT2D eigenvalue weighted by molar-refractivity contribution is 0.0691. The number of aromatic carboxylic acids is 1. The minimum absolute atomic E-state index is 0.144. The van der Waals surface area contributed by atoms with E-state index in [1.807, 2.05) is 0 Å². The van der Waals surface area contributed by atoms with Crippen molar-refractivity contribution in [1.82, 2.24) is 14.4 Å². The summed E-state index contributed by atoms with van der Waals surface area (Å²) in [7, 11) is -3.69. The van der Waals surface area contributed by atoms with E-state index in [-0.39, 0.29) is 23.3 Å². The van der Waals surface area contributed by atoms with Gasteiger partial charge in [-0.15, -0.1) is 0 Å². The number of hydrogen-bond donors (Lipinski definition) is 3. The fourth-order valence-corrected chi connectivity index (χ4v) is 1.97. The van der Waals surface area contributed by atoms with Crippen LogP contribution in [-0.2, 0) is 10.7 Å². The van der Waals surface area contributed by atoms with E-state index >= 15 is 0 Å². The molecule has 0 aliphatic rings. The van der Waals surface area contributed by atoms with Gasteiger partial charge >= 0.3 is 5.97 Å². The molecule has 0 aliphatic carbocycles. The summed E-state index contributed by atoms with van der Waals surface area (Å²) in [5.74, 6) is -1.02. The van der Waals surface area contributed by atoms with Gasteiger partial charge in [0.15, 0.2) is 5.69 Å². The molecule has 0 spiro atoms. The average molecular weight is 256 g/mol. The molecule has 0 radical (unpaired) electrons. The van der Waals surface area contributed by atoms with E-state index in [4.69, 9.17) is 15.5 Å². The Morgan fingerprint density at radius 1 is 1.53 bits per heavy atom. The van der Waals surface area contributed by atoms with Crippen molar-refractivity contribution in [2.45, 2.75) is 6.16 Å². The lowest BCUT2D eigenvalue weighted by Gasteiger charge is -2.03. The summed E-state index contributed by atoms with van der Waals surface area (Å²) in [6, 6.07) is 1.48. The monoisotopic (exact) mass is 256 g/mol. The maximum absolute atomic E-state index is 11.0. The maximum Gasteiger partial charge on any atom is 0.356 e. The van der Waals surface area contributed by atoms with E-state index in [2.05, 4.69) is 9.97 Å². The SMILES string of the molecule is NP(=O)(O)Cc1ccn2cc(C(=O)O)nc2n1. The summed E-state index contributed by atoms with van der Waals surface area (Å²) < 4.78 is 12.4. The second kappa shape index (κ2) is 3.92. The topological polar surface area (TPSA) is 131 Å². The van der Waals surface area contributed by atoms with Crippen LogP contribution in [0.1, 0.15) is 16.2 Å². The van der Waals surface area contributed by atoms with Crippen LogP contribution in [0.3, 0.4) is 0 Å². The molecule has 2 aromatic heterocycles. The average Bonchev–Trinajstić information content (AvgIpc) is 2.57. The van der Waals surface area contributed by atoms with Crippen molar-refractivity contribution >= 4 is 19.3 Å². The molecule has 2 heterocycles. The van der Waals surface area contributed by atoms with Crippen LogP contribution in [0.15, 0.2) is 18.5 Å². The highest BCUT2D eigenvalue weighted by Gasteiger charge is 2.15. The van der Waals surface area contributed by atoms with Gasteiger partial charge in [0, 0.05) is 12.4 Å². The van der Waals surface area contributed by atoms with Crippen LogP contribution in [0, 0.1) is 0 Å². The van der Waals surface area contributed by atoms with Gasteiger partial charge in [0.05, 0.1) is 11.9 Å². The molecule has 8 nitrogen and oxygen atoms in total. The summed E-state index contributed by atoms with van der Waals surface area (Å²) in [4.78, 5) is 27.4. The Balaban J connectivity index is 2.43. The standard InChI is InChI=1S/C8H9N4O4P/c9-17(15,16)4-5-1-2-12-3-6(7(13)14)11-8(12)10-5/h1-3H,4H2,(H,13,14)(H3,9,15,16). The second-order valence-corrected chi connectivity index (χ2v) is 5.30. The molecular formula is C8H9N4O4P. The second-order valence-electron chi connectivity index (χ2n) is 3.47. The van der Waals surface area contributed by atoms with Crippen LogP contribution >= 0.6 is 7.52 Å². The molecule has 2 rings (SSSR count). The first-order chi connectivity index (χ1) is 7.85. The first-order valence-electron chi connectivity index (χ1n) is 4.53. The van der Waals surface area contributed by atoms with Crippen molar-refractivity contribution in [3.05, 3.63) is 29.8 Å². The van der Waals surface area contributed by atoms with Crippen LogP contribution in [0.5, 0.6) is 0 Å². The van der Waals surface area contributed by atoms with Crippen LogP contribution in [0.4, 0.5) is 0 Å². The molecule has 0 saturated heterocycles. The number of fused-ring (bicyclic) bond motifs is 1. The van der Waals surface area contributed by atoms with Gasteiger partial charge in [-0.05, 0) is 6.07 Å². The number of carboxylic acids is 1. The molecule has 0 fully saturated rings. The van der Waals surface area contributed by atoms with Crippen molar-refractivity contribution in [3.8, 4) is 0 Å². The van der Waals surface area contributed by atoms with Crippen LogP contribution in [0.2, 0.25) is 0 Å². The predicted molar refractivity (Wildman–Crippen MR) is 57.7 cm³/mol. The van der Waals surface area contributed by atoms with Crippen LogP contribution in [-0.4, -0.2) is 30.3 Å². The smallest absolute Gasteiger partial charge is 0.356 e. The van der Waals surface area contributed by atoms with E-state index in [9.17, 15) is 9.36 Å². The molecule has 0 aliphatic heterocycles. The zero-order valence-electron chi connectivity index (χ0n) is 8.52. The van der Waals surface area contributed by atoms with Crippen molar-refractivity contribution in [2.75, 3.05) is 0 Å². The van der Waals surface area contributed by atoms with Crippen molar-refractivity contribution < 1.29 is 19.4 Å². The summed E-state index contributed by atoms with van der Waals surface area (Å²) in [5, 5.41) is 8.73. The Morgan fingerprint density at radius 3 is 2.82 bits per heavy atom. The molecule has 9 heteroatoms. The van der Waals surface area contributed by atoms with Gasteiger partial charge < -0.3 is 10.00 Å². The Hall–Kier alpha value is -1.76. The van der Waals surface area contributed by atoms with E-state index < -0.39 is 13.5 Å². The highest BCUT2D eigenvalue weighted by atomic mass is 31.2. The van der Waals surface area contributed by atoms with Gasteiger partial charge in [0.25, 0.3) is 7.52 Å². The lowest BCUT2D eigenvalue weighted by Crippen LogP contribution is -2.00. The number of carbonyl (C=O) groups is 1. The molecule has 4 N–H and O–H groups in total. The zero-order chi connectivity index (χ0) is 12.6. The first kappa shape index (κ1) is 11.7. The Labute approximate surface area is 95.2 Å². The third kappa shape index (κ3) is 2.68. The molecule has 1 unspecified atom stereocenters. The maximum atomic E-state index is 11.0. The molecule has 0 saturated carbocycles. The molecule has 17 heavy (non-hydrogen) atoms. The van der Waals surface area contributed by atoms with Gasteiger partial charge in [-0.3, -0.25) is 14.5 Å². The van der Waals surface area contributed by atoms with Gasteiger partial charge in [-0.25, -0.2) is 14.8 Å². The van der Waals surface area contributed by atoms with Crippen molar-refractivity contribution in [1.29, 1.82) is 0 Å². The Morgan fingerprint density at radius 2 is 2.24 bits per heavy atom. The van der Waals surface area contributed by atoms with E-state index in [1.54, 1.807) is 0 Å². The van der Waals surface area contributed by atoms with Crippen LogP contribution < -0.4 is 5.50 Å². The first-order valence-corrected chi connectivity index (χ1v) is 6.45. The number of rotatable bonds is 3. The van der Waals surface area contributed by atoms with E-state index in [0.29, 0.717) is 0 Å². The summed E-state index contributed by atoms with van der Waals surface area (Å²) in [5.41, 5.74) is 5.16. The summed E-state index contributed by atoms with van der Waals surface area (Å²) in [6.45, 7) is 0. The van der Waals surface area contributed by atoms with Crippen molar-refractivity contribution in [2.24, 2.45) is 5.50 Å². The van der Waals surface area contributed by atoms with Gasteiger partial charge in [-0.2, -0.15) is 0 Å². The number of nitrogens with two attached hydrogens (primary N) is 1. The van der Waals surface area contributed by atoms with Gasteiger partial charge in [0.1, 0.15) is 0 Å². The number of hydrogen-bond acceptors (Lipinski definition) is 4. The highest BCUT2D eigenvalue weighted by molar-refractivity contribution is 7.54. The fourth-order valence-electron chi connectivity index (χ4n) is 1.33. The van der Waals surface area contributed by atoms with E-state index in [1.165, 1.54) is 22.9 Å². The molecule has 0 amide bonds.